The minimum atomic E-state index is -0.969. The summed E-state index contributed by atoms with van der Waals surface area (Å²) in [4.78, 5) is 0. The summed E-state index contributed by atoms with van der Waals surface area (Å²) in [6, 6.07) is 12.6. The molecule has 3 aromatic rings. The molecule has 0 radical (unpaired) electrons. The van der Waals surface area contributed by atoms with Gasteiger partial charge in [-0.05, 0) is 84.9 Å². The molecule has 2 atom stereocenters. The number of aryl methyl sites for hydroxylation is 2. The van der Waals surface area contributed by atoms with E-state index < -0.39 is 17.5 Å². The number of hydrogen-bond acceptors (Lipinski definition) is 1. The van der Waals surface area contributed by atoms with Crippen molar-refractivity contribution in [2.75, 3.05) is 6.61 Å². The van der Waals surface area contributed by atoms with Crippen LogP contribution in [0.5, 0.6) is 5.75 Å². The van der Waals surface area contributed by atoms with Crippen molar-refractivity contribution in [2.45, 2.75) is 84.0 Å². The fraction of sp³-hybridized carbons (Fsp3) is 0.429. The zero-order chi connectivity index (χ0) is 28.5. The van der Waals surface area contributed by atoms with Crippen LogP contribution in [0.1, 0.15) is 87.8 Å². The van der Waals surface area contributed by atoms with E-state index in [4.69, 9.17) is 4.74 Å². The maximum atomic E-state index is 14.9. The number of benzene rings is 3. The van der Waals surface area contributed by atoms with Gasteiger partial charge in [0.05, 0.1) is 6.61 Å². The van der Waals surface area contributed by atoms with E-state index >= 15 is 0 Å². The Hall–Kier alpha value is -3.08. The molecule has 0 heterocycles. The van der Waals surface area contributed by atoms with Crippen LogP contribution in [0.3, 0.4) is 0 Å². The second kappa shape index (κ2) is 14.5. The molecule has 0 saturated carbocycles. The van der Waals surface area contributed by atoms with Crippen LogP contribution in [0.15, 0.2) is 60.7 Å². The van der Waals surface area contributed by atoms with E-state index in [0.717, 1.165) is 30.0 Å². The smallest absolute Gasteiger partial charge is 0.166 e. The molecule has 0 N–H and O–H groups in total. The summed E-state index contributed by atoms with van der Waals surface area (Å²) in [5, 5.41) is 0. The summed E-state index contributed by atoms with van der Waals surface area (Å²) in [6.45, 7) is 4.36. The lowest BCUT2D eigenvalue weighted by molar-refractivity contribution is 0.295. The SMILES string of the molecule is CCCCCC1C=CC(c2ccc(CCCOc3ccc(-c4ccc(CCC)c(F)c4F)cc3F)cc2F)CC1. The first-order valence-corrected chi connectivity index (χ1v) is 14.8. The summed E-state index contributed by atoms with van der Waals surface area (Å²) >= 11 is 0. The van der Waals surface area contributed by atoms with Crippen molar-refractivity contribution in [1.82, 2.24) is 0 Å². The van der Waals surface area contributed by atoms with Crippen LogP contribution >= 0.6 is 0 Å². The Morgan fingerprint density at radius 3 is 2.30 bits per heavy atom. The molecule has 3 aromatic carbocycles. The van der Waals surface area contributed by atoms with Crippen LogP contribution in [-0.2, 0) is 12.8 Å². The van der Waals surface area contributed by atoms with Crippen LogP contribution in [0, 0.1) is 29.2 Å². The molecular weight excluding hydrogens is 512 g/mol. The molecule has 2 unspecified atom stereocenters. The molecule has 4 rings (SSSR count). The molecule has 5 heteroatoms. The minimum absolute atomic E-state index is 0.0174. The standard InChI is InChI=1S/C35H40F4O/c1-3-5-6-9-24-11-14-26(15-12-24)29-18-13-25(22-31(29)36)10-7-21-40-33-20-17-28(23-32(33)37)30-19-16-27(8-4-2)34(38)35(30)39/h11,13-14,16-20,22-24,26H,3-10,12,15,21H2,1-2H3. The second-order valence-electron chi connectivity index (χ2n) is 10.9. The van der Waals surface area contributed by atoms with Gasteiger partial charge in [-0.25, -0.2) is 17.6 Å². The summed E-state index contributed by atoms with van der Waals surface area (Å²) in [6.07, 6.45) is 13.9. The Bertz CT molecular complexity index is 1300. The third-order valence-corrected chi connectivity index (χ3v) is 7.90. The topological polar surface area (TPSA) is 9.23 Å². The van der Waals surface area contributed by atoms with Crippen LogP contribution < -0.4 is 4.74 Å². The largest absolute Gasteiger partial charge is 0.491 e. The molecule has 0 bridgehead atoms. The molecular formula is C35H40F4O. The fourth-order valence-corrected chi connectivity index (χ4v) is 5.58. The van der Waals surface area contributed by atoms with Crippen molar-refractivity contribution in [3.8, 4) is 16.9 Å². The third kappa shape index (κ3) is 7.56. The molecule has 214 valence electrons. The number of unbranched alkanes of at least 4 members (excludes halogenated alkanes) is 2. The van der Waals surface area contributed by atoms with Crippen molar-refractivity contribution >= 4 is 0 Å². The summed E-state index contributed by atoms with van der Waals surface area (Å²) in [5.41, 5.74) is 2.21. The average Bonchev–Trinajstić information content (AvgIpc) is 2.95. The van der Waals surface area contributed by atoms with E-state index in [1.165, 1.54) is 43.9 Å². The zero-order valence-electron chi connectivity index (χ0n) is 23.6. The van der Waals surface area contributed by atoms with Crippen molar-refractivity contribution in [2.24, 2.45) is 5.92 Å². The Kier molecular flexibility index (Phi) is 10.9. The highest BCUT2D eigenvalue weighted by Crippen LogP contribution is 2.34. The quantitative estimate of drug-likeness (QED) is 0.116. The molecule has 0 aliphatic heterocycles. The first-order chi connectivity index (χ1) is 19.4. The third-order valence-electron chi connectivity index (χ3n) is 7.90. The van der Waals surface area contributed by atoms with E-state index in [1.807, 2.05) is 19.1 Å². The lowest BCUT2D eigenvalue weighted by Gasteiger charge is -2.23. The monoisotopic (exact) mass is 552 g/mol. The second-order valence-corrected chi connectivity index (χ2v) is 10.9. The van der Waals surface area contributed by atoms with Crippen LogP contribution in [-0.4, -0.2) is 6.61 Å². The highest BCUT2D eigenvalue weighted by atomic mass is 19.2. The highest BCUT2D eigenvalue weighted by Gasteiger charge is 2.20. The Morgan fingerprint density at radius 1 is 0.750 bits per heavy atom. The molecule has 0 fully saturated rings. The van der Waals surface area contributed by atoms with E-state index in [-0.39, 0.29) is 35.2 Å². The lowest BCUT2D eigenvalue weighted by Crippen LogP contribution is -2.09. The molecule has 1 nitrogen and oxygen atoms in total. The predicted molar refractivity (Wildman–Crippen MR) is 155 cm³/mol. The normalized spacial score (nSPS) is 16.9. The number of rotatable bonds is 13. The lowest BCUT2D eigenvalue weighted by atomic mass is 9.82. The summed E-state index contributed by atoms with van der Waals surface area (Å²) in [7, 11) is 0. The number of allylic oxidation sites excluding steroid dienone is 2. The maximum absolute atomic E-state index is 14.9. The van der Waals surface area contributed by atoms with Crippen molar-refractivity contribution in [3.63, 3.8) is 0 Å². The zero-order valence-corrected chi connectivity index (χ0v) is 23.6. The molecule has 1 aliphatic carbocycles. The summed E-state index contributed by atoms with van der Waals surface area (Å²) < 4.78 is 64.2. The predicted octanol–water partition coefficient (Wildman–Crippen LogP) is 10.5. The van der Waals surface area contributed by atoms with Crippen molar-refractivity contribution < 1.29 is 22.3 Å². The van der Waals surface area contributed by atoms with Crippen LogP contribution in [0.4, 0.5) is 17.6 Å². The van der Waals surface area contributed by atoms with E-state index in [0.29, 0.717) is 37.2 Å². The first-order valence-electron chi connectivity index (χ1n) is 14.8. The maximum Gasteiger partial charge on any atom is 0.166 e. The molecule has 0 saturated heterocycles. The van der Waals surface area contributed by atoms with Gasteiger partial charge >= 0.3 is 0 Å². The van der Waals surface area contributed by atoms with E-state index in [2.05, 4.69) is 19.1 Å². The van der Waals surface area contributed by atoms with Crippen molar-refractivity contribution in [1.29, 1.82) is 0 Å². The summed E-state index contributed by atoms with van der Waals surface area (Å²) in [5.74, 6) is -1.87. The Morgan fingerprint density at radius 2 is 1.60 bits per heavy atom. The van der Waals surface area contributed by atoms with Gasteiger partial charge in [-0.3, -0.25) is 0 Å². The molecule has 0 aromatic heterocycles. The molecule has 1 aliphatic rings. The number of ether oxygens (including phenoxy) is 1. The van der Waals surface area contributed by atoms with Crippen LogP contribution in [0.25, 0.3) is 11.1 Å². The number of halogens is 4. The van der Waals surface area contributed by atoms with Crippen LogP contribution in [0.2, 0.25) is 0 Å². The highest BCUT2D eigenvalue weighted by molar-refractivity contribution is 5.65. The van der Waals surface area contributed by atoms with Gasteiger partial charge < -0.3 is 4.74 Å². The van der Waals surface area contributed by atoms with Gasteiger partial charge in [-0.1, -0.05) is 82.0 Å². The van der Waals surface area contributed by atoms with Crippen molar-refractivity contribution in [3.05, 3.63) is 101 Å². The average molecular weight is 553 g/mol. The minimum Gasteiger partial charge on any atom is -0.491 e. The molecule has 0 spiro atoms. The van der Waals surface area contributed by atoms with E-state index in [1.54, 1.807) is 12.1 Å². The Labute approximate surface area is 236 Å². The fourth-order valence-electron chi connectivity index (χ4n) is 5.58. The van der Waals surface area contributed by atoms with Gasteiger partial charge in [0, 0.05) is 11.5 Å². The van der Waals surface area contributed by atoms with Gasteiger partial charge in [0.2, 0.25) is 0 Å². The molecule has 40 heavy (non-hydrogen) atoms. The van der Waals surface area contributed by atoms with Gasteiger partial charge in [0.25, 0.3) is 0 Å². The Balaban J connectivity index is 1.28. The number of hydrogen-bond donors (Lipinski definition) is 0. The van der Waals surface area contributed by atoms with Gasteiger partial charge in [0.15, 0.2) is 23.2 Å². The molecule has 0 amide bonds. The van der Waals surface area contributed by atoms with Gasteiger partial charge in [-0.15, -0.1) is 0 Å². The first kappa shape index (κ1) is 29.9. The van der Waals surface area contributed by atoms with E-state index in [9.17, 15) is 17.6 Å². The van der Waals surface area contributed by atoms with Gasteiger partial charge in [-0.2, -0.15) is 0 Å². The van der Waals surface area contributed by atoms with Gasteiger partial charge in [0.1, 0.15) is 5.82 Å².